The molecular weight excluding hydrogens is 154 g/mol. The summed E-state index contributed by atoms with van der Waals surface area (Å²) in [5, 5.41) is 9.63. The zero-order chi connectivity index (χ0) is 8.55. The Morgan fingerprint density at radius 1 is 1.58 bits per heavy atom. The third-order valence-corrected chi connectivity index (χ3v) is 2.24. The minimum atomic E-state index is -0.412. The van der Waals surface area contributed by atoms with Crippen LogP contribution in [-0.4, -0.2) is 5.11 Å². The summed E-state index contributed by atoms with van der Waals surface area (Å²) in [6.07, 6.45) is 1.81. The quantitative estimate of drug-likeness (QED) is 0.710. The Labute approximate surface area is 71.2 Å². The minimum absolute atomic E-state index is 0.400. The number of hydrogen-bond donors (Lipinski definition) is 2. The molecule has 2 rings (SSSR count). The van der Waals surface area contributed by atoms with Crippen molar-refractivity contribution in [2.24, 2.45) is 11.7 Å². The van der Waals surface area contributed by atoms with Gasteiger partial charge in [0.2, 0.25) is 0 Å². The molecule has 0 saturated heterocycles. The first-order chi connectivity index (χ1) is 5.81. The summed E-state index contributed by atoms with van der Waals surface area (Å²) in [5.74, 6) is 1.82. The lowest BCUT2D eigenvalue weighted by Crippen LogP contribution is -1.97. The maximum absolute atomic E-state index is 9.63. The molecule has 1 aromatic heterocycles. The highest BCUT2D eigenvalue weighted by Crippen LogP contribution is 2.41. The van der Waals surface area contributed by atoms with Gasteiger partial charge in [0.1, 0.15) is 17.6 Å². The number of rotatable bonds is 3. The average molecular weight is 167 g/mol. The highest BCUT2D eigenvalue weighted by Gasteiger charge is 2.32. The van der Waals surface area contributed by atoms with Gasteiger partial charge in [-0.15, -0.1) is 0 Å². The first-order valence-corrected chi connectivity index (χ1v) is 4.28. The smallest absolute Gasteiger partial charge is 0.133 e. The fourth-order valence-electron chi connectivity index (χ4n) is 1.31. The van der Waals surface area contributed by atoms with Crippen molar-refractivity contribution < 1.29 is 9.52 Å². The molecule has 3 nitrogen and oxygen atoms in total. The molecule has 1 saturated carbocycles. The highest BCUT2D eigenvalue weighted by molar-refractivity contribution is 5.11. The van der Waals surface area contributed by atoms with Crippen LogP contribution in [0.2, 0.25) is 0 Å². The Hall–Kier alpha value is -0.800. The molecule has 1 fully saturated rings. The molecule has 0 spiro atoms. The topological polar surface area (TPSA) is 59.4 Å². The van der Waals surface area contributed by atoms with Crippen molar-refractivity contribution in [2.75, 3.05) is 0 Å². The van der Waals surface area contributed by atoms with E-state index in [1.54, 1.807) is 0 Å². The molecule has 66 valence electrons. The van der Waals surface area contributed by atoms with Crippen molar-refractivity contribution in [2.45, 2.75) is 25.5 Å². The minimum Gasteiger partial charge on any atom is -0.462 e. The van der Waals surface area contributed by atoms with Crippen molar-refractivity contribution >= 4 is 0 Å². The summed E-state index contributed by atoms with van der Waals surface area (Å²) in [5.41, 5.74) is 5.38. The molecule has 3 N–H and O–H groups in total. The number of nitrogens with two attached hydrogens (primary N) is 1. The van der Waals surface area contributed by atoms with Gasteiger partial charge in [0.05, 0.1) is 6.54 Å². The van der Waals surface area contributed by atoms with Gasteiger partial charge in [-0.05, 0) is 30.9 Å². The van der Waals surface area contributed by atoms with Crippen LogP contribution in [0, 0.1) is 5.92 Å². The summed E-state index contributed by atoms with van der Waals surface area (Å²) < 4.78 is 5.32. The molecule has 1 atom stereocenters. The standard InChI is InChI=1S/C9H13NO2/c10-5-7-3-4-8(12-7)9(11)6-1-2-6/h3-4,6,9,11H,1-2,5,10H2. The van der Waals surface area contributed by atoms with Gasteiger partial charge in [0.25, 0.3) is 0 Å². The molecular formula is C9H13NO2. The van der Waals surface area contributed by atoms with Gasteiger partial charge < -0.3 is 15.3 Å². The van der Waals surface area contributed by atoms with E-state index in [0.717, 1.165) is 18.6 Å². The SMILES string of the molecule is NCc1ccc(C(O)C2CC2)o1. The van der Waals surface area contributed by atoms with E-state index in [2.05, 4.69) is 0 Å². The Kier molecular flexibility index (Phi) is 1.90. The van der Waals surface area contributed by atoms with Crippen LogP contribution in [0.4, 0.5) is 0 Å². The Morgan fingerprint density at radius 2 is 2.33 bits per heavy atom. The van der Waals surface area contributed by atoms with Crippen LogP contribution >= 0.6 is 0 Å². The lowest BCUT2D eigenvalue weighted by atomic mass is 10.2. The van der Waals surface area contributed by atoms with Crippen LogP contribution in [0.1, 0.15) is 30.5 Å². The third kappa shape index (κ3) is 1.38. The fourth-order valence-corrected chi connectivity index (χ4v) is 1.31. The summed E-state index contributed by atoms with van der Waals surface area (Å²) in [4.78, 5) is 0. The summed E-state index contributed by atoms with van der Waals surface area (Å²) in [6, 6.07) is 3.63. The molecule has 1 aliphatic carbocycles. The molecule has 1 aliphatic rings. The van der Waals surface area contributed by atoms with Crippen molar-refractivity contribution in [1.29, 1.82) is 0 Å². The number of aliphatic hydroxyl groups excluding tert-OH is 1. The van der Waals surface area contributed by atoms with Crippen LogP contribution < -0.4 is 5.73 Å². The van der Waals surface area contributed by atoms with Gasteiger partial charge >= 0.3 is 0 Å². The second-order valence-corrected chi connectivity index (χ2v) is 3.29. The lowest BCUT2D eigenvalue weighted by molar-refractivity contribution is 0.125. The van der Waals surface area contributed by atoms with Crippen molar-refractivity contribution in [3.8, 4) is 0 Å². The molecule has 3 heteroatoms. The Balaban J connectivity index is 2.10. The second-order valence-electron chi connectivity index (χ2n) is 3.29. The van der Waals surface area contributed by atoms with E-state index >= 15 is 0 Å². The van der Waals surface area contributed by atoms with E-state index in [1.165, 1.54) is 0 Å². The first-order valence-electron chi connectivity index (χ1n) is 4.28. The fraction of sp³-hybridized carbons (Fsp3) is 0.556. The van der Waals surface area contributed by atoms with Gasteiger partial charge in [0.15, 0.2) is 0 Å². The molecule has 1 heterocycles. The van der Waals surface area contributed by atoms with E-state index in [0.29, 0.717) is 18.2 Å². The second kappa shape index (κ2) is 2.92. The van der Waals surface area contributed by atoms with E-state index in [4.69, 9.17) is 10.2 Å². The zero-order valence-electron chi connectivity index (χ0n) is 6.86. The van der Waals surface area contributed by atoms with Gasteiger partial charge in [0, 0.05) is 0 Å². The van der Waals surface area contributed by atoms with Crippen LogP contribution in [0.15, 0.2) is 16.5 Å². The Morgan fingerprint density at radius 3 is 2.83 bits per heavy atom. The lowest BCUT2D eigenvalue weighted by Gasteiger charge is -2.03. The molecule has 1 aromatic rings. The predicted octanol–water partition coefficient (Wildman–Crippen LogP) is 1.18. The van der Waals surface area contributed by atoms with Gasteiger partial charge in [-0.2, -0.15) is 0 Å². The Bertz CT molecular complexity index is 265. The summed E-state index contributed by atoms with van der Waals surface area (Å²) in [6.45, 7) is 0.400. The molecule has 0 radical (unpaired) electrons. The van der Waals surface area contributed by atoms with Crippen LogP contribution in [0.5, 0.6) is 0 Å². The van der Waals surface area contributed by atoms with E-state index in [1.807, 2.05) is 12.1 Å². The third-order valence-electron chi connectivity index (χ3n) is 2.24. The van der Waals surface area contributed by atoms with Crippen LogP contribution in [0.3, 0.4) is 0 Å². The van der Waals surface area contributed by atoms with Crippen LogP contribution in [-0.2, 0) is 6.54 Å². The molecule has 0 bridgehead atoms. The van der Waals surface area contributed by atoms with Gasteiger partial charge in [-0.3, -0.25) is 0 Å². The highest BCUT2D eigenvalue weighted by atomic mass is 16.4. The van der Waals surface area contributed by atoms with Crippen LogP contribution in [0.25, 0.3) is 0 Å². The van der Waals surface area contributed by atoms with E-state index < -0.39 is 6.10 Å². The molecule has 0 amide bonds. The predicted molar refractivity (Wildman–Crippen MR) is 44.3 cm³/mol. The first kappa shape index (κ1) is 7.83. The van der Waals surface area contributed by atoms with Crippen molar-refractivity contribution in [1.82, 2.24) is 0 Å². The van der Waals surface area contributed by atoms with E-state index in [-0.39, 0.29) is 0 Å². The van der Waals surface area contributed by atoms with Gasteiger partial charge in [-0.1, -0.05) is 0 Å². The summed E-state index contributed by atoms with van der Waals surface area (Å²) >= 11 is 0. The average Bonchev–Trinajstić information content (AvgIpc) is 2.82. The van der Waals surface area contributed by atoms with Crippen molar-refractivity contribution in [3.63, 3.8) is 0 Å². The maximum Gasteiger partial charge on any atom is 0.133 e. The maximum atomic E-state index is 9.63. The van der Waals surface area contributed by atoms with Crippen molar-refractivity contribution in [3.05, 3.63) is 23.7 Å². The number of hydrogen-bond acceptors (Lipinski definition) is 3. The normalized spacial score (nSPS) is 19.5. The molecule has 1 unspecified atom stereocenters. The van der Waals surface area contributed by atoms with Gasteiger partial charge in [-0.25, -0.2) is 0 Å². The number of aliphatic hydroxyl groups is 1. The van der Waals surface area contributed by atoms with E-state index in [9.17, 15) is 5.11 Å². The monoisotopic (exact) mass is 167 g/mol. The zero-order valence-corrected chi connectivity index (χ0v) is 6.86. The molecule has 0 aromatic carbocycles. The molecule has 12 heavy (non-hydrogen) atoms. The molecule has 0 aliphatic heterocycles. The summed E-state index contributed by atoms with van der Waals surface area (Å²) in [7, 11) is 0. The largest absolute Gasteiger partial charge is 0.462 e. The number of furan rings is 1.